The van der Waals surface area contributed by atoms with Crippen molar-refractivity contribution in [2.75, 3.05) is 24.7 Å². The number of amides is 2. The Labute approximate surface area is 167 Å². The molecule has 0 bridgehead atoms. The van der Waals surface area contributed by atoms with Gasteiger partial charge in [0.2, 0.25) is 11.8 Å². The van der Waals surface area contributed by atoms with Gasteiger partial charge >= 0.3 is 0 Å². The zero-order chi connectivity index (χ0) is 19.1. The van der Waals surface area contributed by atoms with Gasteiger partial charge < -0.3 is 10.2 Å². The summed E-state index contributed by atoms with van der Waals surface area (Å²) in [6.07, 6.45) is 0.822. The number of anilines is 1. The van der Waals surface area contributed by atoms with E-state index >= 15 is 0 Å². The summed E-state index contributed by atoms with van der Waals surface area (Å²) >= 11 is 13.3. The maximum Gasteiger partial charge on any atom is 0.243 e. The number of hydrogen-bond donors (Lipinski definition) is 1. The summed E-state index contributed by atoms with van der Waals surface area (Å²) in [7, 11) is 1.60. The van der Waals surface area contributed by atoms with Gasteiger partial charge in [0.1, 0.15) is 0 Å². The second kappa shape index (κ2) is 9.86. The molecule has 2 aromatic carbocycles. The number of hydrogen-bond acceptors (Lipinski definition) is 3. The van der Waals surface area contributed by atoms with Crippen LogP contribution in [0.4, 0.5) is 5.69 Å². The van der Waals surface area contributed by atoms with Crippen molar-refractivity contribution in [2.45, 2.75) is 18.2 Å². The lowest BCUT2D eigenvalue weighted by Crippen LogP contribution is -2.36. The maximum atomic E-state index is 12.3. The number of carbonyl (C=O) groups excluding carboxylic acids is 2. The number of para-hydroxylation sites is 1. The van der Waals surface area contributed by atoms with Gasteiger partial charge in [-0.1, -0.05) is 48.3 Å². The van der Waals surface area contributed by atoms with E-state index in [0.717, 1.165) is 22.6 Å². The molecule has 0 spiro atoms. The van der Waals surface area contributed by atoms with E-state index in [2.05, 4.69) is 5.32 Å². The Morgan fingerprint density at radius 2 is 1.88 bits per heavy atom. The van der Waals surface area contributed by atoms with E-state index in [1.165, 1.54) is 16.7 Å². The number of benzene rings is 2. The lowest BCUT2D eigenvalue weighted by Gasteiger charge is -2.17. The Bertz CT molecular complexity index is 799. The van der Waals surface area contributed by atoms with Crippen molar-refractivity contribution in [2.24, 2.45) is 0 Å². The highest BCUT2D eigenvalue weighted by Crippen LogP contribution is 2.29. The van der Waals surface area contributed by atoms with Crippen LogP contribution < -0.4 is 5.32 Å². The minimum absolute atomic E-state index is 0.0132. The second-order valence-electron chi connectivity index (χ2n) is 5.67. The molecule has 0 radical (unpaired) electrons. The Balaban J connectivity index is 1.88. The molecule has 0 aliphatic heterocycles. The van der Waals surface area contributed by atoms with Gasteiger partial charge in [0, 0.05) is 22.7 Å². The van der Waals surface area contributed by atoms with E-state index in [0.29, 0.717) is 10.0 Å². The van der Waals surface area contributed by atoms with Crippen LogP contribution in [0.5, 0.6) is 0 Å². The third-order valence-corrected chi connectivity index (χ3v) is 5.44. The van der Waals surface area contributed by atoms with Gasteiger partial charge in [-0.2, -0.15) is 0 Å². The summed E-state index contributed by atoms with van der Waals surface area (Å²) in [6.45, 7) is 2.01. The van der Waals surface area contributed by atoms with E-state index < -0.39 is 0 Å². The fraction of sp³-hybridized carbons (Fsp3) is 0.263. The number of nitrogens with zero attached hydrogens (tertiary/aromatic N) is 1. The van der Waals surface area contributed by atoms with E-state index in [-0.39, 0.29) is 24.1 Å². The molecule has 0 aliphatic rings. The smallest absolute Gasteiger partial charge is 0.243 e. The minimum Gasteiger partial charge on any atom is -0.336 e. The number of nitrogens with one attached hydrogen (secondary N) is 1. The monoisotopic (exact) mass is 410 g/mol. The van der Waals surface area contributed by atoms with Crippen molar-refractivity contribution in [1.82, 2.24) is 4.90 Å². The Hall–Kier alpha value is -1.69. The highest BCUT2D eigenvalue weighted by Gasteiger charge is 2.15. The summed E-state index contributed by atoms with van der Waals surface area (Å²) in [5.41, 5.74) is 1.84. The van der Waals surface area contributed by atoms with E-state index in [4.69, 9.17) is 23.2 Å². The van der Waals surface area contributed by atoms with Crippen LogP contribution in [-0.2, 0) is 16.0 Å². The van der Waals surface area contributed by atoms with Crippen molar-refractivity contribution in [1.29, 1.82) is 0 Å². The largest absolute Gasteiger partial charge is 0.336 e. The number of rotatable bonds is 7. The average molecular weight is 411 g/mol. The lowest BCUT2D eigenvalue weighted by molar-refractivity contribution is -0.131. The van der Waals surface area contributed by atoms with Crippen LogP contribution in [0.15, 0.2) is 47.4 Å². The van der Waals surface area contributed by atoms with Crippen molar-refractivity contribution >= 4 is 52.5 Å². The molecular formula is C19H20Cl2N2O2S. The zero-order valence-corrected chi connectivity index (χ0v) is 16.9. The number of aryl methyl sites for hydroxylation is 1. The average Bonchev–Trinajstić information content (AvgIpc) is 2.62. The highest BCUT2D eigenvalue weighted by atomic mass is 35.5. The first kappa shape index (κ1) is 20.6. The summed E-state index contributed by atoms with van der Waals surface area (Å²) in [5, 5.41) is 3.97. The predicted molar refractivity (Wildman–Crippen MR) is 109 cm³/mol. The van der Waals surface area contributed by atoms with Gasteiger partial charge in [-0.25, -0.2) is 0 Å². The van der Waals surface area contributed by atoms with E-state index in [9.17, 15) is 9.59 Å². The first-order valence-corrected chi connectivity index (χ1v) is 9.84. The number of carbonyl (C=O) groups is 2. The highest BCUT2D eigenvalue weighted by molar-refractivity contribution is 8.00. The normalized spacial score (nSPS) is 10.5. The van der Waals surface area contributed by atoms with Crippen LogP contribution in [0.25, 0.3) is 0 Å². The summed E-state index contributed by atoms with van der Waals surface area (Å²) in [6, 6.07) is 12.7. The molecular weight excluding hydrogens is 391 g/mol. The molecule has 2 rings (SSSR count). The van der Waals surface area contributed by atoms with Gasteiger partial charge in [0.15, 0.2) is 0 Å². The zero-order valence-electron chi connectivity index (χ0n) is 14.6. The van der Waals surface area contributed by atoms with Gasteiger partial charge in [-0.3, -0.25) is 9.59 Å². The first-order chi connectivity index (χ1) is 12.4. The molecule has 1 N–H and O–H groups in total. The summed E-state index contributed by atoms with van der Waals surface area (Å²) in [5.74, 6) is -0.215. The summed E-state index contributed by atoms with van der Waals surface area (Å²) in [4.78, 5) is 26.6. The topological polar surface area (TPSA) is 49.4 Å². The quantitative estimate of drug-likeness (QED) is 0.670. The SMILES string of the molecule is CCc1ccccc1NC(=O)CN(C)C(=O)CSc1cc(Cl)ccc1Cl. The third-order valence-electron chi connectivity index (χ3n) is 3.72. The molecule has 7 heteroatoms. The molecule has 0 aliphatic carbocycles. The van der Waals surface area contributed by atoms with Gasteiger partial charge in [0.25, 0.3) is 0 Å². The molecule has 26 heavy (non-hydrogen) atoms. The fourth-order valence-electron chi connectivity index (χ4n) is 2.28. The van der Waals surface area contributed by atoms with Crippen LogP contribution in [0.2, 0.25) is 10.0 Å². The molecule has 0 fully saturated rings. The van der Waals surface area contributed by atoms with Gasteiger partial charge in [-0.05, 0) is 36.2 Å². The number of thioether (sulfide) groups is 1. The molecule has 138 valence electrons. The van der Waals surface area contributed by atoms with Crippen molar-refractivity contribution in [3.05, 3.63) is 58.1 Å². The van der Waals surface area contributed by atoms with E-state index in [1.807, 2.05) is 31.2 Å². The maximum absolute atomic E-state index is 12.3. The molecule has 0 unspecified atom stereocenters. The summed E-state index contributed by atoms with van der Waals surface area (Å²) < 4.78 is 0. The first-order valence-electron chi connectivity index (χ1n) is 8.10. The Morgan fingerprint density at radius 1 is 1.15 bits per heavy atom. The van der Waals surface area contributed by atoms with Crippen LogP contribution >= 0.6 is 35.0 Å². The second-order valence-corrected chi connectivity index (χ2v) is 7.53. The molecule has 4 nitrogen and oxygen atoms in total. The number of halogens is 2. The molecule has 0 saturated heterocycles. The van der Waals surface area contributed by atoms with Crippen LogP contribution in [-0.4, -0.2) is 36.1 Å². The Morgan fingerprint density at radius 3 is 2.62 bits per heavy atom. The minimum atomic E-state index is -0.229. The molecule has 0 aromatic heterocycles. The van der Waals surface area contributed by atoms with Crippen LogP contribution in [0.3, 0.4) is 0 Å². The van der Waals surface area contributed by atoms with Crippen LogP contribution in [0, 0.1) is 0 Å². The lowest BCUT2D eigenvalue weighted by atomic mass is 10.1. The standard InChI is InChI=1S/C19H20Cl2N2O2S/c1-3-13-6-4-5-7-16(13)22-18(24)11-23(2)19(25)12-26-17-10-14(20)8-9-15(17)21/h4-10H,3,11-12H2,1-2H3,(H,22,24). The van der Waals surface area contributed by atoms with Gasteiger partial charge in [0.05, 0.1) is 17.3 Å². The van der Waals surface area contributed by atoms with Crippen molar-refractivity contribution < 1.29 is 9.59 Å². The molecule has 0 atom stereocenters. The molecule has 2 amide bonds. The fourth-order valence-corrected chi connectivity index (χ4v) is 3.71. The molecule has 2 aromatic rings. The number of likely N-dealkylation sites (N-methyl/N-ethyl adjacent to an activating group) is 1. The Kier molecular flexibility index (Phi) is 7.82. The molecule has 0 heterocycles. The van der Waals surface area contributed by atoms with Crippen LogP contribution in [0.1, 0.15) is 12.5 Å². The van der Waals surface area contributed by atoms with E-state index in [1.54, 1.807) is 25.2 Å². The molecule has 0 saturated carbocycles. The van der Waals surface area contributed by atoms with Gasteiger partial charge in [-0.15, -0.1) is 11.8 Å². The third kappa shape index (κ3) is 5.94. The predicted octanol–water partition coefficient (Wildman–Crippen LogP) is 4.75. The van der Waals surface area contributed by atoms with Crippen molar-refractivity contribution in [3.63, 3.8) is 0 Å². The van der Waals surface area contributed by atoms with Crippen molar-refractivity contribution in [3.8, 4) is 0 Å².